The average Bonchev–Trinajstić information content (AvgIpc) is 2.78. The number of hydrogen-bond donors (Lipinski definition) is 1. The first-order chi connectivity index (χ1) is 9.47. The van der Waals surface area contributed by atoms with E-state index in [1.54, 1.807) is 12.1 Å². The minimum Gasteiger partial charge on any atom is -0.388 e. The molecule has 110 valence electrons. The van der Waals surface area contributed by atoms with E-state index in [4.69, 9.17) is 0 Å². The second-order valence-corrected chi connectivity index (χ2v) is 5.98. The molecular formula is C16H22FNO2. The largest absolute Gasteiger partial charge is 0.388 e. The van der Waals surface area contributed by atoms with Crippen molar-refractivity contribution in [3.05, 3.63) is 35.6 Å². The van der Waals surface area contributed by atoms with E-state index >= 15 is 0 Å². The number of benzene rings is 1. The summed E-state index contributed by atoms with van der Waals surface area (Å²) in [6.45, 7) is 5.60. The van der Waals surface area contributed by atoms with Crippen LogP contribution < -0.4 is 0 Å². The molecule has 4 heteroatoms. The maximum atomic E-state index is 12.9. The number of aliphatic hydroxyl groups excluding tert-OH is 1. The van der Waals surface area contributed by atoms with Crippen molar-refractivity contribution in [1.29, 1.82) is 0 Å². The van der Waals surface area contributed by atoms with Gasteiger partial charge in [0, 0.05) is 25.4 Å². The topological polar surface area (TPSA) is 40.5 Å². The van der Waals surface area contributed by atoms with Crippen LogP contribution in [0.4, 0.5) is 4.39 Å². The highest BCUT2D eigenvalue weighted by Gasteiger charge is 2.34. The molecule has 1 aliphatic rings. The van der Waals surface area contributed by atoms with E-state index in [0.717, 1.165) is 13.0 Å². The van der Waals surface area contributed by atoms with Gasteiger partial charge in [-0.3, -0.25) is 4.79 Å². The van der Waals surface area contributed by atoms with E-state index < -0.39 is 6.10 Å². The molecule has 0 saturated carbocycles. The molecule has 2 rings (SSSR count). The van der Waals surface area contributed by atoms with Gasteiger partial charge in [-0.15, -0.1) is 0 Å². The van der Waals surface area contributed by atoms with Crippen molar-refractivity contribution >= 4 is 5.91 Å². The van der Waals surface area contributed by atoms with Gasteiger partial charge in [-0.2, -0.15) is 0 Å². The van der Waals surface area contributed by atoms with E-state index in [1.165, 1.54) is 12.1 Å². The molecule has 0 radical (unpaired) electrons. The molecule has 0 spiro atoms. The zero-order valence-corrected chi connectivity index (χ0v) is 12.1. The molecule has 0 aliphatic carbocycles. The van der Waals surface area contributed by atoms with Gasteiger partial charge in [0.15, 0.2) is 0 Å². The average molecular weight is 279 g/mol. The Balaban J connectivity index is 1.97. The lowest BCUT2D eigenvalue weighted by molar-refractivity contribution is -0.127. The third kappa shape index (κ3) is 3.57. The van der Waals surface area contributed by atoms with Gasteiger partial charge in [0.1, 0.15) is 5.82 Å². The Morgan fingerprint density at radius 2 is 2.00 bits per heavy atom. The first-order valence-corrected chi connectivity index (χ1v) is 7.18. The highest BCUT2D eigenvalue weighted by Crippen LogP contribution is 2.31. The van der Waals surface area contributed by atoms with Crippen LogP contribution in [0.25, 0.3) is 0 Å². The predicted octanol–water partition coefficient (Wildman–Crippen LogP) is 2.75. The van der Waals surface area contributed by atoms with Crippen molar-refractivity contribution < 1.29 is 14.3 Å². The predicted molar refractivity (Wildman–Crippen MR) is 75.5 cm³/mol. The van der Waals surface area contributed by atoms with Gasteiger partial charge >= 0.3 is 0 Å². The van der Waals surface area contributed by atoms with Crippen molar-refractivity contribution in [3.8, 4) is 0 Å². The van der Waals surface area contributed by atoms with Gasteiger partial charge in [0.25, 0.3) is 0 Å². The van der Waals surface area contributed by atoms with Crippen LogP contribution >= 0.6 is 0 Å². The van der Waals surface area contributed by atoms with Crippen LogP contribution in [0, 0.1) is 17.7 Å². The number of aliphatic hydroxyl groups is 1. The first kappa shape index (κ1) is 15.0. The molecule has 1 N–H and O–H groups in total. The van der Waals surface area contributed by atoms with E-state index in [1.807, 2.05) is 4.90 Å². The molecule has 1 saturated heterocycles. The summed E-state index contributed by atoms with van der Waals surface area (Å²) in [5.41, 5.74) is 0.676. The summed E-state index contributed by atoms with van der Waals surface area (Å²) in [6.07, 6.45) is 0.644. The van der Waals surface area contributed by atoms with Crippen LogP contribution in [0.3, 0.4) is 0 Å². The van der Waals surface area contributed by atoms with Gasteiger partial charge in [-0.05, 0) is 30.0 Å². The van der Waals surface area contributed by atoms with Crippen molar-refractivity contribution in [2.24, 2.45) is 11.8 Å². The fourth-order valence-electron chi connectivity index (χ4n) is 2.58. The summed E-state index contributed by atoms with van der Waals surface area (Å²) < 4.78 is 12.9. The number of carbonyl (C=O) groups is 1. The van der Waals surface area contributed by atoms with Crippen LogP contribution in [0.15, 0.2) is 24.3 Å². The molecule has 0 aromatic heterocycles. The Morgan fingerprint density at radius 3 is 2.60 bits per heavy atom. The number of hydrogen-bond acceptors (Lipinski definition) is 2. The summed E-state index contributed by atoms with van der Waals surface area (Å²) in [5, 5.41) is 10.3. The molecule has 2 unspecified atom stereocenters. The van der Waals surface area contributed by atoms with Crippen molar-refractivity contribution in [3.63, 3.8) is 0 Å². The Hall–Kier alpha value is -1.42. The smallest absolute Gasteiger partial charge is 0.223 e. The molecule has 0 bridgehead atoms. The maximum absolute atomic E-state index is 12.9. The molecule has 1 amide bonds. The van der Waals surface area contributed by atoms with Crippen LogP contribution in [-0.2, 0) is 4.79 Å². The fraction of sp³-hybridized carbons (Fsp3) is 0.562. The lowest BCUT2D eigenvalue weighted by atomic mass is 9.95. The summed E-state index contributed by atoms with van der Waals surface area (Å²) in [4.78, 5) is 13.8. The molecular weight excluding hydrogens is 257 g/mol. The second-order valence-electron chi connectivity index (χ2n) is 5.98. The molecule has 1 aromatic carbocycles. The van der Waals surface area contributed by atoms with Gasteiger partial charge < -0.3 is 10.0 Å². The van der Waals surface area contributed by atoms with Gasteiger partial charge in [0.05, 0.1) is 6.10 Å². The summed E-state index contributed by atoms with van der Waals surface area (Å²) in [5.74, 6) is 0.253. The maximum Gasteiger partial charge on any atom is 0.223 e. The lowest BCUT2D eigenvalue weighted by Crippen LogP contribution is -2.27. The third-order valence-electron chi connectivity index (χ3n) is 3.88. The fourth-order valence-corrected chi connectivity index (χ4v) is 2.58. The zero-order chi connectivity index (χ0) is 14.7. The summed E-state index contributed by atoms with van der Waals surface area (Å²) >= 11 is 0. The molecule has 2 atom stereocenters. The monoisotopic (exact) mass is 279 g/mol. The van der Waals surface area contributed by atoms with Crippen molar-refractivity contribution in [2.75, 3.05) is 13.1 Å². The molecule has 1 heterocycles. The molecule has 20 heavy (non-hydrogen) atoms. The number of likely N-dealkylation sites (tertiary alicyclic amines) is 1. The highest BCUT2D eigenvalue weighted by atomic mass is 19.1. The number of amides is 1. The SMILES string of the molecule is CC(C)CCN1CC(C(O)c2ccc(F)cc2)CC1=O. The van der Waals surface area contributed by atoms with E-state index in [9.17, 15) is 14.3 Å². The highest BCUT2D eigenvalue weighted by molar-refractivity contribution is 5.78. The number of carbonyl (C=O) groups excluding carboxylic acids is 1. The summed E-state index contributed by atoms with van der Waals surface area (Å²) in [6, 6.07) is 5.85. The Morgan fingerprint density at radius 1 is 1.35 bits per heavy atom. The van der Waals surface area contributed by atoms with Gasteiger partial charge in [-0.25, -0.2) is 4.39 Å². The normalized spacial score (nSPS) is 20.8. The summed E-state index contributed by atoms with van der Waals surface area (Å²) in [7, 11) is 0. The number of nitrogens with zero attached hydrogens (tertiary/aromatic N) is 1. The van der Waals surface area contributed by atoms with Crippen molar-refractivity contribution in [1.82, 2.24) is 4.90 Å². The first-order valence-electron chi connectivity index (χ1n) is 7.18. The molecule has 1 fully saturated rings. The van der Waals surface area contributed by atoms with E-state index in [-0.39, 0.29) is 17.6 Å². The quantitative estimate of drug-likeness (QED) is 0.900. The number of halogens is 1. The van der Waals surface area contributed by atoms with Crippen LogP contribution in [-0.4, -0.2) is 29.0 Å². The second kappa shape index (κ2) is 6.35. The van der Waals surface area contributed by atoms with E-state index in [2.05, 4.69) is 13.8 Å². The third-order valence-corrected chi connectivity index (χ3v) is 3.88. The van der Waals surface area contributed by atoms with Crippen LogP contribution in [0.1, 0.15) is 38.4 Å². The number of rotatable bonds is 5. The molecule has 1 aromatic rings. The Bertz CT molecular complexity index is 458. The lowest BCUT2D eigenvalue weighted by Gasteiger charge is -2.20. The minimum atomic E-state index is -0.705. The molecule has 3 nitrogen and oxygen atoms in total. The Kier molecular flexibility index (Phi) is 4.76. The zero-order valence-electron chi connectivity index (χ0n) is 12.1. The van der Waals surface area contributed by atoms with Gasteiger partial charge in [0.2, 0.25) is 5.91 Å². The molecule has 1 aliphatic heterocycles. The van der Waals surface area contributed by atoms with E-state index in [0.29, 0.717) is 24.4 Å². The van der Waals surface area contributed by atoms with Gasteiger partial charge in [-0.1, -0.05) is 26.0 Å². The van der Waals surface area contributed by atoms with Crippen molar-refractivity contribution in [2.45, 2.75) is 32.8 Å². The standard InChI is InChI=1S/C16H22FNO2/c1-11(2)7-8-18-10-13(9-15(18)19)16(20)12-3-5-14(17)6-4-12/h3-6,11,13,16,20H,7-10H2,1-2H3. The Labute approximate surface area is 119 Å². The van der Waals surface area contributed by atoms with Crippen LogP contribution in [0.5, 0.6) is 0 Å². The van der Waals surface area contributed by atoms with Crippen LogP contribution in [0.2, 0.25) is 0 Å². The minimum absolute atomic E-state index is 0.0971.